The van der Waals surface area contributed by atoms with Crippen LogP contribution in [0, 0.1) is 0 Å². The standard InChI is InChI=1S/C22H33N5O.HI/c1-23-22(27-14-10-20(17-27)25-11-5-2-6-12-25)24-15-21(28)26-13-9-18-7-3-4-8-19(18)16-26;/h3-4,7-8,20H,2,5-6,9-17H2,1H3,(H,23,24);1H. The van der Waals surface area contributed by atoms with Crippen LogP contribution in [0.4, 0.5) is 0 Å². The number of piperidine rings is 1. The Morgan fingerprint density at radius 2 is 1.83 bits per heavy atom. The van der Waals surface area contributed by atoms with Crippen LogP contribution in [0.2, 0.25) is 0 Å². The minimum absolute atomic E-state index is 0. The van der Waals surface area contributed by atoms with Gasteiger partial charge < -0.3 is 15.1 Å². The summed E-state index contributed by atoms with van der Waals surface area (Å²) >= 11 is 0. The molecule has 6 nitrogen and oxygen atoms in total. The highest BCUT2D eigenvalue weighted by molar-refractivity contribution is 14.0. The fourth-order valence-electron chi connectivity index (χ4n) is 4.82. The molecule has 1 aromatic rings. The number of amides is 1. The molecule has 29 heavy (non-hydrogen) atoms. The van der Waals surface area contributed by atoms with Crippen LogP contribution in [0.15, 0.2) is 29.3 Å². The zero-order chi connectivity index (χ0) is 19.3. The first kappa shape index (κ1) is 22.3. The third-order valence-electron chi connectivity index (χ3n) is 6.46. The van der Waals surface area contributed by atoms with Crippen LogP contribution in [0.25, 0.3) is 0 Å². The summed E-state index contributed by atoms with van der Waals surface area (Å²) in [6.45, 7) is 6.35. The quantitative estimate of drug-likeness (QED) is 0.385. The minimum atomic E-state index is 0. The maximum atomic E-state index is 12.7. The van der Waals surface area contributed by atoms with Crippen LogP contribution in [0.3, 0.4) is 0 Å². The Labute approximate surface area is 191 Å². The molecule has 1 unspecified atom stereocenters. The van der Waals surface area contributed by atoms with Crippen molar-refractivity contribution in [3.05, 3.63) is 35.4 Å². The molecule has 3 aliphatic heterocycles. The maximum absolute atomic E-state index is 12.7. The number of carbonyl (C=O) groups is 1. The topological polar surface area (TPSA) is 51.2 Å². The van der Waals surface area contributed by atoms with Crippen molar-refractivity contribution in [3.8, 4) is 0 Å². The predicted molar refractivity (Wildman–Crippen MR) is 128 cm³/mol. The van der Waals surface area contributed by atoms with E-state index >= 15 is 0 Å². The molecule has 1 N–H and O–H groups in total. The first-order chi connectivity index (χ1) is 13.7. The molecular formula is C22H34IN5O. The number of halogens is 1. The highest BCUT2D eigenvalue weighted by Crippen LogP contribution is 2.21. The van der Waals surface area contributed by atoms with Crippen LogP contribution in [0.5, 0.6) is 0 Å². The first-order valence-corrected chi connectivity index (χ1v) is 10.8. The average Bonchev–Trinajstić information content (AvgIpc) is 3.24. The van der Waals surface area contributed by atoms with Crippen LogP contribution in [-0.2, 0) is 17.8 Å². The smallest absolute Gasteiger partial charge is 0.242 e. The largest absolute Gasteiger partial charge is 0.347 e. The van der Waals surface area contributed by atoms with Crippen LogP contribution < -0.4 is 5.32 Å². The van der Waals surface area contributed by atoms with Crippen molar-refractivity contribution in [2.24, 2.45) is 4.99 Å². The summed E-state index contributed by atoms with van der Waals surface area (Å²) in [4.78, 5) is 24.1. The van der Waals surface area contributed by atoms with Gasteiger partial charge in [-0.3, -0.25) is 14.7 Å². The van der Waals surface area contributed by atoms with Gasteiger partial charge in [0.05, 0.1) is 6.54 Å². The van der Waals surface area contributed by atoms with Crippen molar-refractivity contribution in [2.45, 2.75) is 44.7 Å². The van der Waals surface area contributed by atoms with Gasteiger partial charge in [-0.2, -0.15) is 0 Å². The van der Waals surface area contributed by atoms with Gasteiger partial charge in [0.25, 0.3) is 0 Å². The van der Waals surface area contributed by atoms with E-state index in [2.05, 4.69) is 44.4 Å². The second-order valence-corrected chi connectivity index (χ2v) is 8.22. The van der Waals surface area contributed by atoms with Gasteiger partial charge in [0.1, 0.15) is 0 Å². The van der Waals surface area contributed by atoms with Gasteiger partial charge >= 0.3 is 0 Å². The molecule has 2 fully saturated rings. The Hall–Kier alpha value is -1.35. The number of rotatable bonds is 3. The molecule has 2 saturated heterocycles. The normalized spacial score (nSPS) is 22.8. The Bertz CT molecular complexity index is 719. The molecule has 3 aliphatic rings. The monoisotopic (exact) mass is 511 g/mol. The van der Waals surface area contributed by atoms with Gasteiger partial charge in [-0.1, -0.05) is 30.7 Å². The van der Waals surface area contributed by atoms with E-state index in [0.29, 0.717) is 12.6 Å². The molecule has 0 radical (unpaired) electrons. The summed E-state index contributed by atoms with van der Waals surface area (Å²) in [5, 5.41) is 3.32. The van der Waals surface area contributed by atoms with E-state index in [4.69, 9.17) is 0 Å². The molecule has 0 aliphatic carbocycles. The van der Waals surface area contributed by atoms with Gasteiger partial charge in [0.2, 0.25) is 5.91 Å². The lowest BCUT2D eigenvalue weighted by Gasteiger charge is -2.32. The number of aliphatic imine (C=N–C) groups is 1. The lowest BCUT2D eigenvalue weighted by atomic mass is 10.00. The Balaban J connectivity index is 0.00000240. The Morgan fingerprint density at radius 3 is 2.59 bits per heavy atom. The number of carbonyl (C=O) groups excluding carboxylic acids is 1. The van der Waals surface area contributed by atoms with E-state index in [9.17, 15) is 4.79 Å². The summed E-state index contributed by atoms with van der Waals surface area (Å²) in [6, 6.07) is 9.07. The number of guanidine groups is 1. The zero-order valence-electron chi connectivity index (χ0n) is 17.5. The second-order valence-electron chi connectivity index (χ2n) is 8.22. The van der Waals surface area contributed by atoms with Crippen molar-refractivity contribution in [1.82, 2.24) is 20.0 Å². The first-order valence-electron chi connectivity index (χ1n) is 10.8. The number of nitrogens with one attached hydrogen (secondary N) is 1. The number of likely N-dealkylation sites (tertiary alicyclic amines) is 2. The van der Waals surface area contributed by atoms with Crippen LogP contribution >= 0.6 is 24.0 Å². The minimum Gasteiger partial charge on any atom is -0.347 e. The van der Waals surface area contributed by atoms with Crippen molar-refractivity contribution >= 4 is 35.8 Å². The molecule has 1 aromatic carbocycles. The van der Waals surface area contributed by atoms with E-state index < -0.39 is 0 Å². The fraction of sp³-hybridized carbons (Fsp3) is 0.636. The Kier molecular flexibility index (Phi) is 8.17. The predicted octanol–water partition coefficient (Wildman–Crippen LogP) is 2.32. The van der Waals surface area contributed by atoms with Gasteiger partial charge in [-0.25, -0.2) is 0 Å². The molecule has 1 atom stereocenters. The number of hydrogen-bond donors (Lipinski definition) is 1. The molecule has 0 saturated carbocycles. The van der Waals surface area contributed by atoms with E-state index in [1.807, 2.05) is 11.9 Å². The number of fused-ring (bicyclic) bond motifs is 1. The molecule has 3 heterocycles. The van der Waals surface area contributed by atoms with Gasteiger partial charge in [-0.05, 0) is 49.9 Å². The van der Waals surface area contributed by atoms with E-state index in [1.54, 1.807) is 0 Å². The second kappa shape index (κ2) is 10.6. The summed E-state index contributed by atoms with van der Waals surface area (Å²) in [6.07, 6.45) is 6.17. The average molecular weight is 511 g/mol. The molecule has 0 aromatic heterocycles. The third kappa shape index (κ3) is 5.42. The zero-order valence-corrected chi connectivity index (χ0v) is 19.8. The SMILES string of the molecule is CN=C(NCC(=O)N1CCc2ccccc2C1)N1CCC(N2CCCCC2)C1.I. The van der Waals surface area contributed by atoms with Gasteiger partial charge in [0.15, 0.2) is 5.96 Å². The summed E-state index contributed by atoms with van der Waals surface area (Å²) in [5.74, 6) is 1.02. The van der Waals surface area contributed by atoms with Crippen molar-refractivity contribution in [2.75, 3.05) is 46.3 Å². The van der Waals surface area contributed by atoms with Gasteiger partial charge in [0, 0.05) is 39.3 Å². The number of hydrogen-bond acceptors (Lipinski definition) is 3. The fourth-order valence-corrected chi connectivity index (χ4v) is 4.82. The highest BCUT2D eigenvalue weighted by atomic mass is 127. The molecule has 1 amide bonds. The maximum Gasteiger partial charge on any atom is 0.242 e. The summed E-state index contributed by atoms with van der Waals surface area (Å²) in [7, 11) is 1.82. The van der Waals surface area contributed by atoms with Crippen molar-refractivity contribution in [1.29, 1.82) is 0 Å². The van der Waals surface area contributed by atoms with Crippen LogP contribution in [0.1, 0.15) is 36.8 Å². The highest BCUT2D eigenvalue weighted by Gasteiger charge is 2.30. The van der Waals surface area contributed by atoms with E-state index in [0.717, 1.165) is 38.6 Å². The molecule has 0 spiro atoms. The van der Waals surface area contributed by atoms with Crippen molar-refractivity contribution in [3.63, 3.8) is 0 Å². The number of benzene rings is 1. The lowest BCUT2D eigenvalue weighted by Crippen LogP contribution is -2.48. The lowest BCUT2D eigenvalue weighted by molar-refractivity contribution is -0.130. The van der Waals surface area contributed by atoms with Crippen LogP contribution in [-0.4, -0.2) is 78.9 Å². The molecule has 4 rings (SSSR count). The van der Waals surface area contributed by atoms with Crippen molar-refractivity contribution < 1.29 is 4.79 Å². The molecular weight excluding hydrogens is 477 g/mol. The summed E-state index contributed by atoms with van der Waals surface area (Å²) < 4.78 is 0. The van der Waals surface area contributed by atoms with E-state index in [1.165, 1.54) is 49.9 Å². The van der Waals surface area contributed by atoms with Gasteiger partial charge in [-0.15, -0.1) is 24.0 Å². The third-order valence-corrected chi connectivity index (χ3v) is 6.46. The Morgan fingerprint density at radius 1 is 1.07 bits per heavy atom. The van der Waals surface area contributed by atoms with E-state index in [-0.39, 0.29) is 29.9 Å². The number of nitrogens with zero attached hydrogens (tertiary/aromatic N) is 4. The molecule has 160 valence electrons. The molecule has 0 bridgehead atoms. The summed E-state index contributed by atoms with van der Waals surface area (Å²) in [5.41, 5.74) is 2.64. The molecule has 7 heteroatoms.